The number of nitrogens with zero attached hydrogens (tertiary/aromatic N) is 4. The standard InChI is InChI=1S/C29H29ClF3N7O2/c1-5-6-11-26(41)36-22-14-23(25(42-29(31,32)33)15-24(22)40(4)13-12-39(2)3)37-28-35-17-20(30)27(38-28)19-16-34-21-10-8-7-9-18(19)21/h5-11,14-17,34H,1,12-13H2,2-4H3,(H,36,41)(H,35,37,38)/b11-6-. The average Bonchev–Trinajstić information content (AvgIpc) is 3.36. The lowest BCUT2D eigenvalue weighted by molar-refractivity contribution is -0.274. The van der Waals surface area contributed by atoms with Crippen molar-refractivity contribution in [1.29, 1.82) is 0 Å². The summed E-state index contributed by atoms with van der Waals surface area (Å²) in [6, 6.07) is 10.1. The zero-order valence-electron chi connectivity index (χ0n) is 23.1. The fourth-order valence-corrected chi connectivity index (χ4v) is 4.29. The number of para-hydroxylation sites is 1. The molecule has 0 spiro atoms. The van der Waals surface area contributed by atoms with E-state index in [9.17, 15) is 18.0 Å². The summed E-state index contributed by atoms with van der Waals surface area (Å²) in [6.45, 7) is 4.59. The van der Waals surface area contributed by atoms with Gasteiger partial charge in [-0.3, -0.25) is 4.79 Å². The SMILES string of the molecule is C=C/C=C\C(=O)Nc1cc(Nc2ncc(Cl)c(-c3c[nH]c4ccccc34)n2)c(OC(F)(F)F)cc1N(C)CCN(C)C. The highest BCUT2D eigenvalue weighted by atomic mass is 35.5. The molecule has 13 heteroatoms. The summed E-state index contributed by atoms with van der Waals surface area (Å²) in [6.07, 6.45) is 2.22. The summed E-state index contributed by atoms with van der Waals surface area (Å²) in [7, 11) is 5.45. The van der Waals surface area contributed by atoms with Crippen molar-refractivity contribution in [3.8, 4) is 17.0 Å². The van der Waals surface area contributed by atoms with E-state index in [1.807, 2.05) is 43.3 Å². The Labute approximate surface area is 245 Å². The summed E-state index contributed by atoms with van der Waals surface area (Å²) in [5.41, 5.74) is 2.32. The van der Waals surface area contributed by atoms with Crippen LogP contribution in [0, 0.1) is 0 Å². The van der Waals surface area contributed by atoms with Gasteiger partial charge in [0.2, 0.25) is 11.9 Å². The third kappa shape index (κ3) is 7.59. The van der Waals surface area contributed by atoms with E-state index in [1.165, 1.54) is 36.6 Å². The average molecular weight is 600 g/mol. The maximum absolute atomic E-state index is 13.5. The number of halogens is 4. The van der Waals surface area contributed by atoms with Gasteiger partial charge < -0.3 is 30.2 Å². The van der Waals surface area contributed by atoms with Crippen molar-refractivity contribution in [3.05, 3.63) is 78.6 Å². The molecule has 2 heterocycles. The van der Waals surface area contributed by atoms with Gasteiger partial charge >= 0.3 is 6.36 Å². The Morgan fingerprint density at radius 1 is 1.17 bits per heavy atom. The first-order valence-electron chi connectivity index (χ1n) is 12.7. The molecule has 42 heavy (non-hydrogen) atoms. The molecular weight excluding hydrogens is 571 g/mol. The van der Waals surface area contributed by atoms with Gasteiger partial charge in [0.05, 0.1) is 34.0 Å². The Morgan fingerprint density at radius 2 is 1.93 bits per heavy atom. The number of likely N-dealkylation sites (N-methyl/N-ethyl adjacent to an activating group) is 2. The molecule has 9 nitrogen and oxygen atoms in total. The second-order valence-corrected chi connectivity index (χ2v) is 9.89. The van der Waals surface area contributed by atoms with E-state index in [0.29, 0.717) is 30.0 Å². The molecular formula is C29H29ClF3N7O2. The number of rotatable bonds is 11. The van der Waals surface area contributed by atoms with E-state index in [-0.39, 0.29) is 22.3 Å². The molecule has 0 unspecified atom stereocenters. The third-order valence-electron chi connectivity index (χ3n) is 6.09. The molecule has 2 aromatic carbocycles. The van der Waals surface area contributed by atoms with E-state index in [1.54, 1.807) is 18.1 Å². The Hall–Kier alpha value is -4.55. The molecule has 0 radical (unpaired) electrons. The maximum atomic E-state index is 13.5. The largest absolute Gasteiger partial charge is 0.573 e. The highest BCUT2D eigenvalue weighted by molar-refractivity contribution is 6.33. The van der Waals surface area contributed by atoms with Crippen LogP contribution in [-0.4, -0.2) is 66.4 Å². The smallest absolute Gasteiger partial charge is 0.403 e. The Bertz CT molecular complexity index is 1620. The zero-order chi connectivity index (χ0) is 30.4. The van der Waals surface area contributed by atoms with Crippen LogP contribution < -0.4 is 20.3 Å². The van der Waals surface area contributed by atoms with Gasteiger partial charge in [0.25, 0.3) is 0 Å². The number of carbonyl (C=O) groups is 1. The monoisotopic (exact) mass is 599 g/mol. The van der Waals surface area contributed by atoms with Crippen molar-refractivity contribution < 1.29 is 22.7 Å². The van der Waals surface area contributed by atoms with Gasteiger partial charge in [0.15, 0.2) is 5.75 Å². The molecule has 0 atom stereocenters. The van der Waals surface area contributed by atoms with Crippen LogP contribution in [-0.2, 0) is 4.79 Å². The summed E-state index contributed by atoms with van der Waals surface area (Å²) < 4.78 is 45.0. The normalized spacial score (nSPS) is 11.7. The van der Waals surface area contributed by atoms with Gasteiger partial charge in [-0.15, -0.1) is 13.2 Å². The first kappa shape index (κ1) is 30.4. The number of amides is 1. The summed E-state index contributed by atoms with van der Waals surface area (Å²) in [5.74, 6) is -1.08. The van der Waals surface area contributed by atoms with E-state index >= 15 is 0 Å². The first-order valence-corrected chi connectivity index (χ1v) is 13.1. The van der Waals surface area contributed by atoms with Crippen LogP contribution in [0.4, 0.5) is 36.2 Å². The number of nitrogens with one attached hydrogen (secondary N) is 3. The van der Waals surface area contributed by atoms with Crippen molar-refractivity contribution in [2.75, 3.05) is 49.8 Å². The molecule has 2 aromatic heterocycles. The number of aromatic amines is 1. The second-order valence-electron chi connectivity index (χ2n) is 9.49. The van der Waals surface area contributed by atoms with Crippen molar-refractivity contribution in [2.24, 2.45) is 0 Å². The lowest BCUT2D eigenvalue weighted by Crippen LogP contribution is -2.29. The molecule has 0 saturated heterocycles. The highest BCUT2D eigenvalue weighted by Gasteiger charge is 2.33. The lowest BCUT2D eigenvalue weighted by Gasteiger charge is -2.26. The van der Waals surface area contributed by atoms with Crippen molar-refractivity contribution >= 4 is 51.4 Å². The van der Waals surface area contributed by atoms with Crippen LogP contribution in [0.3, 0.4) is 0 Å². The molecule has 220 valence electrons. The van der Waals surface area contributed by atoms with Crippen molar-refractivity contribution in [1.82, 2.24) is 19.9 Å². The number of allylic oxidation sites excluding steroid dienone is 2. The summed E-state index contributed by atoms with van der Waals surface area (Å²) >= 11 is 6.43. The number of ether oxygens (including phenoxy) is 1. The number of H-pyrrole nitrogens is 1. The fourth-order valence-electron chi connectivity index (χ4n) is 4.10. The molecule has 0 saturated carbocycles. The zero-order valence-corrected chi connectivity index (χ0v) is 23.8. The summed E-state index contributed by atoms with van der Waals surface area (Å²) in [4.78, 5) is 28.0. The first-order chi connectivity index (χ1) is 19.9. The third-order valence-corrected chi connectivity index (χ3v) is 6.37. The number of aromatic nitrogens is 3. The van der Waals surface area contributed by atoms with Crippen molar-refractivity contribution in [3.63, 3.8) is 0 Å². The van der Waals surface area contributed by atoms with Gasteiger partial charge in [-0.1, -0.05) is 48.5 Å². The van der Waals surface area contributed by atoms with Gasteiger partial charge in [0.1, 0.15) is 0 Å². The highest BCUT2D eigenvalue weighted by Crippen LogP contribution is 2.41. The number of hydrogen-bond donors (Lipinski definition) is 3. The fraction of sp³-hybridized carbons (Fsp3) is 0.207. The molecule has 4 rings (SSSR count). The van der Waals surface area contributed by atoms with E-state index in [0.717, 1.165) is 10.9 Å². The number of fused-ring (bicyclic) bond motifs is 1. The van der Waals surface area contributed by atoms with Crippen LogP contribution in [0.15, 0.2) is 73.6 Å². The predicted molar refractivity (Wildman–Crippen MR) is 161 cm³/mol. The topological polar surface area (TPSA) is 98.4 Å². The molecule has 1 amide bonds. The second kappa shape index (κ2) is 13.0. The Balaban J connectivity index is 1.79. The number of hydrogen-bond acceptors (Lipinski definition) is 7. The van der Waals surface area contributed by atoms with Crippen LogP contribution in [0.1, 0.15) is 0 Å². The van der Waals surface area contributed by atoms with Gasteiger partial charge in [0, 0.05) is 54.9 Å². The van der Waals surface area contributed by atoms with E-state index in [4.69, 9.17) is 11.6 Å². The minimum atomic E-state index is -5.00. The molecule has 0 bridgehead atoms. The molecule has 3 N–H and O–H groups in total. The van der Waals surface area contributed by atoms with Crippen LogP contribution >= 0.6 is 11.6 Å². The quantitative estimate of drug-likeness (QED) is 0.132. The van der Waals surface area contributed by atoms with E-state index < -0.39 is 18.0 Å². The molecule has 4 aromatic rings. The predicted octanol–water partition coefficient (Wildman–Crippen LogP) is 6.60. The molecule has 0 fully saturated rings. The maximum Gasteiger partial charge on any atom is 0.573 e. The van der Waals surface area contributed by atoms with Gasteiger partial charge in [-0.25, -0.2) is 9.97 Å². The van der Waals surface area contributed by atoms with Crippen LogP contribution in [0.2, 0.25) is 5.02 Å². The lowest BCUT2D eigenvalue weighted by atomic mass is 10.1. The number of anilines is 4. The van der Waals surface area contributed by atoms with Gasteiger partial charge in [-0.05, 0) is 26.2 Å². The minimum Gasteiger partial charge on any atom is -0.403 e. The Kier molecular flexibility index (Phi) is 9.38. The van der Waals surface area contributed by atoms with E-state index in [2.05, 4.69) is 36.9 Å². The minimum absolute atomic E-state index is 0.0377. The molecule has 0 aliphatic heterocycles. The summed E-state index contributed by atoms with van der Waals surface area (Å²) in [5, 5.41) is 6.64. The molecule has 0 aliphatic carbocycles. The van der Waals surface area contributed by atoms with Crippen molar-refractivity contribution in [2.45, 2.75) is 6.36 Å². The number of carbonyl (C=O) groups excluding carboxylic acids is 1. The Morgan fingerprint density at radius 3 is 2.64 bits per heavy atom. The number of benzene rings is 2. The molecule has 0 aliphatic rings. The number of alkyl halides is 3. The van der Waals surface area contributed by atoms with Crippen LogP contribution in [0.25, 0.3) is 22.2 Å². The van der Waals surface area contributed by atoms with Crippen LogP contribution in [0.5, 0.6) is 5.75 Å². The van der Waals surface area contributed by atoms with Gasteiger partial charge in [-0.2, -0.15) is 0 Å².